The molecule has 1 fully saturated rings. The van der Waals surface area contributed by atoms with Gasteiger partial charge in [-0.2, -0.15) is 0 Å². The summed E-state index contributed by atoms with van der Waals surface area (Å²) in [6, 6.07) is 3.83. The van der Waals surface area contributed by atoms with E-state index in [0.717, 1.165) is 24.0 Å². The Hall–Kier alpha value is -2.42. The molecule has 1 heterocycles. The third kappa shape index (κ3) is 3.98. The fourth-order valence-electron chi connectivity index (χ4n) is 2.41. The van der Waals surface area contributed by atoms with Crippen LogP contribution in [0.15, 0.2) is 17.3 Å². The standard InChI is InChI=1S/C16H19N5O3S/c1-9-6-11(7-13(10(9)2)15(23)24-3)17-14(22)8-25-16-18-19-20-21(16)12-4-5-12/h6-7,12H,4-5,8H2,1-3H3,(H,17,22). The molecule has 3 rings (SSSR count). The number of aryl methyl sites for hydroxylation is 1. The number of ether oxygens (including phenoxy) is 1. The van der Waals surface area contributed by atoms with Gasteiger partial charge in [-0.15, -0.1) is 5.10 Å². The van der Waals surface area contributed by atoms with E-state index in [1.54, 1.807) is 10.7 Å². The molecule has 2 aromatic rings. The first-order chi connectivity index (χ1) is 12.0. The summed E-state index contributed by atoms with van der Waals surface area (Å²) in [5, 5.41) is 15.0. The molecule has 25 heavy (non-hydrogen) atoms. The topological polar surface area (TPSA) is 99.0 Å². The highest BCUT2D eigenvalue weighted by Crippen LogP contribution is 2.36. The number of hydrogen-bond acceptors (Lipinski definition) is 7. The van der Waals surface area contributed by atoms with Gasteiger partial charge in [-0.1, -0.05) is 11.8 Å². The molecule has 0 radical (unpaired) electrons. The number of carbonyl (C=O) groups excluding carboxylic acids is 2. The van der Waals surface area contributed by atoms with E-state index in [0.29, 0.717) is 22.4 Å². The summed E-state index contributed by atoms with van der Waals surface area (Å²) in [6.07, 6.45) is 2.15. The van der Waals surface area contributed by atoms with Crippen LogP contribution in [-0.2, 0) is 9.53 Å². The Morgan fingerprint density at radius 3 is 2.80 bits per heavy atom. The van der Waals surface area contributed by atoms with Crippen molar-refractivity contribution in [3.05, 3.63) is 28.8 Å². The van der Waals surface area contributed by atoms with Crippen LogP contribution in [0.25, 0.3) is 0 Å². The lowest BCUT2D eigenvalue weighted by molar-refractivity contribution is -0.113. The lowest BCUT2D eigenvalue weighted by Crippen LogP contribution is -2.16. The van der Waals surface area contributed by atoms with Gasteiger partial charge in [0.25, 0.3) is 0 Å². The van der Waals surface area contributed by atoms with Gasteiger partial charge in [0.15, 0.2) is 0 Å². The molecule has 1 saturated carbocycles. The lowest BCUT2D eigenvalue weighted by Gasteiger charge is -2.11. The van der Waals surface area contributed by atoms with E-state index >= 15 is 0 Å². The van der Waals surface area contributed by atoms with Crippen molar-refractivity contribution in [1.29, 1.82) is 0 Å². The summed E-state index contributed by atoms with van der Waals surface area (Å²) in [5.74, 6) is -0.419. The molecule has 0 aliphatic heterocycles. The Balaban J connectivity index is 1.65. The molecule has 1 amide bonds. The zero-order valence-electron chi connectivity index (χ0n) is 14.3. The molecule has 1 aliphatic rings. The fourth-order valence-corrected chi connectivity index (χ4v) is 3.15. The van der Waals surface area contributed by atoms with Crippen molar-refractivity contribution in [3.63, 3.8) is 0 Å². The largest absolute Gasteiger partial charge is 0.465 e. The van der Waals surface area contributed by atoms with Crippen LogP contribution in [0.5, 0.6) is 0 Å². The molecule has 132 valence electrons. The second kappa shape index (κ2) is 7.22. The van der Waals surface area contributed by atoms with E-state index in [4.69, 9.17) is 4.74 Å². The summed E-state index contributed by atoms with van der Waals surface area (Å²) in [7, 11) is 1.34. The highest BCUT2D eigenvalue weighted by molar-refractivity contribution is 7.99. The Morgan fingerprint density at radius 2 is 2.12 bits per heavy atom. The molecular weight excluding hydrogens is 342 g/mol. The van der Waals surface area contributed by atoms with E-state index in [2.05, 4.69) is 20.8 Å². The maximum atomic E-state index is 12.2. The van der Waals surface area contributed by atoms with Crippen molar-refractivity contribution in [1.82, 2.24) is 20.2 Å². The fraction of sp³-hybridized carbons (Fsp3) is 0.438. The molecule has 0 spiro atoms. The predicted molar refractivity (Wildman–Crippen MR) is 92.7 cm³/mol. The van der Waals surface area contributed by atoms with Gasteiger partial charge >= 0.3 is 5.97 Å². The minimum Gasteiger partial charge on any atom is -0.465 e. The summed E-state index contributed by atoms with van der Waals surface area (Å²) in [5.41, 5.74) is 2.75. The number of rotatable bonds is 6. The Morgan fingerprint density at radius 1 is 1.36 bits per heavy atom. The van der Waals surface area contributed by atoms with Crippen LogP contribution in [0.1, 0.15) is 40.4 Å². The molecule has 0 bridgehead atoms. The molecule has 0 atom stereocenters. The third-order valence-electron chi connectivity index (χ3n) is 4.04. The van der Waals surface area contributed by atoms with Crippen molar-refractivity contribution < 1.29 is 14.3 Å². The van der Waals surface area contributed by atoms with E-state index < -0.39 is 5.97 Å². The van der Waals surface area contributed by atoms with Gasteiger partial charge in [0.1, 0.15) is 0 Å². The maximum Gasteiger partial charge on any atom is 0.338 e. The molecule has 1 aromatic carbocycles. The van der Waals surface area contributed by atoms with Gasteiger partial charge in [-0.3, -0.25) is 4.79 Å². The molecule has 0 unspecified atom stereocenters. The first-order valence-electron chi connectivity index (χ1n) is 7.89. The molecular formula is C16H19N5O3S. The summed E-state index contributed by atoms with van der Waals surface area (Å²) >= 11 is 1.29. The monoisotopic (exact) mass is 361 g/mol. The number of thioether (sulfide) groups is 1. The van der Waals surface area contributed by atoms with Crippen LogP contribution in [-0.4, -0.2) is 44.9 Å². The lowest BCUT2D eigenvalue weighted by atomic mass is 10.0. The van der Waals surface area contributed by atoms with Gasteiger partial charge in [-0.25, -0.2) is 9.48 Å². The Bertz CT molecular complexity index is 816. The number of hydrogen-bond donors (Lipinski definition) is 1. The number of benzene rings is 1. The average Bonchev–Trinajstić information content (AvgIpc) is 3.33. The van der Waals surface area contributed by atoms with Crippen LogP contribution < -0.4 is 5.32 Å². The molecule has 9 heteroatoms. The molecule has 1 aliphatic carbocycles. The SMILES string of the molecule is COC(=O)c1cc(NC(=O)CSc2nnnn2C2CC2)cc(C)c1C. The average molecular weight is 361 g/mol. The number of nitrogens with one attached hydrogen (secondary N) is 1. The number of amides is 1. The van der Waals surface area contributed by atoms with Crippen LogP contribution >= 0.6 is 11.8 Å². The van der Waals surface area contributed by atoms with Gasteiger partial charge in [-0.05, 0) is 60.4 Å². The number of methoxy groups -OCH3 is 1. The predicted octanol–water partition coefficient (Wildman–Crippen LogP) is 2.14. The van der Waals surface area contributed by atoms with Crippen molar-refractivity contribution >= 4 is 29.3 Å². The van der Waals surface area contributed by atoms with Crippen molar-refractivity contribution in [2.24, 2.45) is 0 Å². The van der Waals surface area contributed by atoms with Crippen LogP contribution in [0.4, 0.5) is 5.69 Å². The summed E-state index contributed by atoms with van der Waals surface area (Å²) in [4.78, 5) is 24.1. The minimum absolute atomic E-state index is 0.186. The highest BCUT2D eigenvalue weighted by atomic mass is 32.2. The number of nitrogens with zero attached hydrogens (tertiary/aromatic N) is 4. The number of tetrazole rings is 1. The Labute approximate surface area is 149 Å². The number of anilines is 1. The summed E-state index contributed by atoms with van der Waals surface area (Å²) < 4.78 is 6.56. The normalized spacial score (nSPS) is 13.6. The second-order valence-corrected chi connectivity index (χ2v) is 6.87. The minimum atomic E-state index is -0.422. The third-order valence-corrected chi connectivity index (χ3v) is 4.98. The number of esters is 1. The van der Waals surface area contributed by atoms with E-state index in [1.165, 1.54) is 18.9 Å². The number of carbonyl (C=O) groups is 2. The van der Waals surface area contributed by atoms with E-state index in [1.807, 2.05) is 19.9 Å². The second-order valence-electron chi connectivity index (χ2n) is 5.93. The highest BCUT2D eigenvalue weighted by Gasteiger charge is 2.28. The van der Waals surface area contributed by atoms with Crippen LogP contribution in [0, 0.1) is 13.8 Å². The van der Waals surface area contributed by atoms with Crippen molar-refractivity contribution in [2.75, 3.05) is 18.2 Å². The Kier molecular flexibility index (Phi) is 5.03. The van der Waals surface area contributed by atoms with E-state index in [9.17, 15) is 9.59 Å². The number of aromatic nitrogens is 4. The zero-order valence-corrected chi connectivity index (χ0v) is 15.1. The van der Waals surface area contributed by atoms with Crippen molar-refractivity contribution in [2.45, 2.75) is 37.9 Å². The maximum absolute atomic E-state index is 12.2. The zero-order chi connectivity index (χ0) is 18.0. The van der Waals surface area contributed by atoms with Gasteiger partial charge in [0.2, 0.25) is 11.1 Å². The molecule has 1 aromatic heterocycles. The van der Waals surface area contributed by atoms with Gasteiger partial charge < -0.3 is 10.1 Å². The molecule has 0 saturated heterocycles. The smallest absolute Gasteiger partial charge is 0.338 e. The van der Waals surface area contributed by atoms with E-state index in [-0.39, 0.29) is 11.7 Å². The molecule has 8 nitrogen and oxygen atoms in total. The van der Waals surface area contributed by atoms with Gasteiger partial charge in [0.05, 0.1) is 24.5 Å². The van der Waals surface area contributed by atoms with Crippen LogP contribution in [0.3, 0.4) is 0 Å². The van der Waals surface area contributed by atoms with Crippen molar-refractivity contribution in [3.8, 4) is 0 Å². The quantitative estimate of drug-likeness (QED) is 0.621. The summed E-state index contributed by atoms with van der Waals surface area (Å²) in [6.45, 7) is 3.73. The molecule has 1 N–H and O–H groups in total. The van der Waals surface area contributed by atoms with Crippen LogP contribution in [0.2, 0.25) is 0 Å². The van der Waals surface area contributed by atoms with Gasteiger partial charge in [0, 0.05) is 5.69 Å². The first-order valence-corrected chi connectivity index (χ1v) is 8.88. The first kappa shape index (κ1) is 17.4.